The van der Waals surface area contributed by atoms with Gasteiger partial charge in [-0.15, -0.1) is 0 Å². The summed E-state index contributed by atoms with van der Waals surface area (Å²) in [6.07, 6.45) is 1.98. The number of halogens is 1. The normalized spacial score (nSPS) is 21.2. The van der Waals surface area contributed by atoms with Crippen molar-refractivity contribution in [3.8, 4) is 0 Å². The van der Waals surface area contributed by atoms with Crippen molar-refractivity contribution in [2.24, 2.45) is 11.7 Å². The lowest BCUT2D eigenvalue weighted by molar-refractivity contribution is 0.1000. The van der Waals surface area contributed by atoms with Gasteiger partial charge in [0.1, 0.15) is 5.82 Å². The van der Waals surface area contributed by atoms with Gasteiger partial charge in [0.05, 0.1) is 22.1 Å². The highest BCUT2D eigenvalue weighted by Gasteiger charge is 2.27. The standard InChI is InChI=1S/C11H14ClN3O3S/c12-9-3-8(10(13)16)5-15-11(9)14-4-7-1-2-19(17,18)6-7/h3,5,7H,1-2,4,6H2,(H2,13,16)(H,14,15)/t7-/m1/s1. The summed E-state index contributed by atoms with van der Waals surface area (Å²) >= 11 is 5.96. The van der Waals surface area contributed by atoms with Crippen molar-refractivity contribution in [1.82, 2.24) is 4.98 Å². The van der Waals surface area contributed by atoms with Gasteiger partial charge in [0, 0.05) is 12.7 Å². The van der Waals surface area contributed by atoms with Gasteiger partial charge in [-0.3, -0.25) is 4.79 Å². The maximum atomic E-state index is 11.3. The molecule has 8 heteroatoms. The summed E-state index contributed by atoms with van der Waals surface area (Å²) in [5, 5.41) is 3.29. The molecule has 0 bridgehead atoms. The molecule has 2 heterocycles. The summed E-state index contributed by atoms with van der Waals surface area (Å²) in [6, 6.07) is 1.44. The maximum Gasteiger partial charge on any atom is 0.250 e. The Kier molecular flexibility index (Phi) is 3.96. The number of aromatic nitrogens is 1. The first-order chi connectivity index (χ1) is 8.87. The van der Waals surface area contributed by atoms with Crippen molar-refractivity contribution in [2.45, 2.75) is 6.42 Å². The van der Waals surface area contributed by atoms with Gasteiger partial charge in [-0.1, -0.05) is 11.6 Å². The smallest absolute Gasteiger partial charge is 0.250 e. The largest absolute Gasteiger partial charge is 0.369 e. The molecule has 0 radical (unpaired) electrons. The van der Waals surface area contributed by atoms with Crippen molar-refractivity contribution in [2.75, 3.05) is 23.4 Å². The monoisotopic (exact) mass is 303 g/mol. The number of rotatable bonds is 4. The topological polar surface area (TPSA) is 102 Å². The number of nitrogens with one attached hydrogen (secondary N) is 1. The summed E-state index contributed by atoms with van der Waals surface area (Å²) < 4.78 is 22.6. The number of amides is 1. The molecule has 1 aliphatic heterocycles. The van der Waals surface area contributed by atoms with E-state index in [1.54, 1.807) is 0 Å². The van der Waals surface area contributed by atoms with E-state index in [0.717, 1.165) is 0 Å². The SMILES string of the molecule is NC(=O)c1cnc(NC[C@H]2CCS(=O)(=O)C2)c(Cl)c1. The van der Waals surface area contributed by atoms with Crippen molar-refractivity contribution < 1.29 is 13.2 Å². The number of pyridine rings is 1. The lowest BCUT2D eigenvalue weighted by Crippen LogP contribution is -2.17. The minimum atomic E-state index is -2.88. The van der Waals surface area contributed by atoms with Crippen LogP contribution < -0.4 is 11.1 Å². The number of hydrogen-bond donors (Lipinski definition) is 2. The van der Waals surface area contributed by atoms with E-state index >= 15 is 0 Å². The Morgan fingerprint density at radius 1 is 1.58 bits per heavy atom. The van der Waals surface area contributed by atoms with Crippen LogP contribution in [0.2, 0.25) is 5.02 Å². The van der Waals surface area contributed by atoms with Gasteiger partial charge in [0.2, 0.25) is 5.91 Å². The van der Waals surface area contributed by atoms with Gasteiger partial charge in [0.15, 0.2) is 9.84 Å². The molecule has 104 valence electrons. The molecule has 19 heavy (non-hydrogen) atoms. The Bertz CT molecular complexity index is 603. The van der Waals surface area contributed by atoms with Crippen LogP contribution in [0.1, 0.15) is 16.8 Å². The lowest BCUT2D eigenvalue weighted by atomic mass is 10.1. The third-order valence-electron chi connectivity index (χ3n) is 3.01. The third kappa shape index (κ3) is 3.57. The molecule has 1 amide bonds. The predicted molar refractivity (Wildman–Crippen MR) is 73.0 cm³/mol. The van der Waals surface area contributed by atoms with Crippen LogP contribution in [0.5, 0.6) is 0 Å². The van der Waals surface area contributed by atoms with Crippen molar-refractivity contribution >= 4 is 33.2 Å². The minimum absolute atomic E-state index is 0.0682. The number of sulfone groups is 1. The number of carbonyl (C=O) groups is 1. The third-order valence-corrected chi connectivity index (χ3v) is 5.14. The Morgan fingerprint density at radius 2 is 2.32 bits per heavy atom. The Balaban J connectivity index is 1.99. The molecule has 3 N–H and O–H groups in total. The van der Waals surface area contributed by atoms with Crippen molar-refractivity contribution in [3.63, 3.8) is 0 Å². The van der Waals surface area contributed by atoms with E-state index in [1.807, 2.05) is 0 Å². The van der Waals surface area contributed by atoms with Crippen molar-refractivity contribution in [1.29, 1.82) is 0 Å². The minimum Gasteiger partial charge on any atom is -0.369 e. The number of primary amides is 1. The molecular weight excluding hydrogens is 290 g/mol. The van der Waals surface area contributed by atoms with Gasteiger partial charge in [-0.2, -0.15) is 0 Å². The Morgan fingerprint density at radius 3 is 2.84 bits per heavy atom. The van der Waals surface area contributed by atoms with E-state index in [9.17, 15) is 13.2 Å². The van der Waals surface area contributed by atoms with E-state index in [4.69, 9.17) is 17.3 Å². The average Bonchev–Trinajstić information content (AvgIpc) is 2.67. The summed E-state index contributed by atoms with van der Waals surface area (Å²) in [7, 11) is -2.88. The number of nitrogens with two attached hydrogens (primary N) is 1. The van der Waals surface area contributed by atoms with Crippen LogP contribution in [0.15, 0.2) is 12.3 Å². The van der Waals surface area contributed by atoms with Gasteiger partial charge in [-0.05, 0) is 18.4 Å². The van der Waals surface area contributed by atoms with Gasteiger partial charge in [-0.25, -0.2) is 13.4 Å². The number of hydrogen-bond acceptors (Lipinski definition) is 5. The fraction of sp³-hybridized carbons (Fsp3) is 0.455. The zero-order valence-electron chi connectivity index (χ0n) is 10.1. The van der Waals surface area contributed by atoms with Gasteiger partial charge in [0.25, 0.3) is 0 Å². The lowest BCUT2D eigenvalue weighted by Gasteiger charge is -2.11. The van der Waals surface area contributed by atoms with E-state index in [0.29, 0.717) is 18.8 Å². The van der Waals surface area contributed by atoms with Crippen LogP contribution >= 0.6 is 11.6 Å². The first kappa shape index (κ1) is 14.1. The van der Waals surface area contributed by atoms with Crippen LogP contribution in [0.25, 0.3) is 0 Å². The van der Waals surface area contributed by atoms with Crippen LogP contribution in [-0.4, -0.2) is 37.4 Å². The molecule has 6 nitrogen and oxygen atoms in total. The molecule has 0 aliphatic carbocycles. The highest BCUT2D eigenvalue weighted by atomic mass is 35.5. The summed E-state index contributed by atoms with van der Waals surface area (Å²) in [6.45, 7) is 0.488. The molecule has 0 saturated carbocycles. The van der Waals surface area contributed by atoms with Gasteiger partial charge < -0.3 is 11.1 Å². The van der Waals surface area contributed by atoms with Crippen molar-refractivity contribution in [3.05, 3.63) is 22.8 Å². The van der Waals surface area contributed by atoms with Crippen LogP contribution in [0.3, 0.4) is 0 Å². The number of nitrogens with zero attached hydrogens (tertiary/aromatic N) is 1. The molecule has 0 unspecified atom stereocenters. The second kappa shape index (κ2) is 5.34. The Hall–Kier alpha value is -1.34. The quantitative estimate of drug-likeness (QED) is 0.851. The van der Waals surface area contributed by atoms with Crippen LogP contribution in [0, 0.1) is 5.92 Å². The molecule has 0 spiro atoms. The molecule has 2 rings (SSSR count). The fourth-order valence-corrected chi connectivity index (χ4v) is 4.07. The second-order valence-electron chi connectivity index (χ2n) is 4.57. The highest BCUT2D eigenvalue weighted by Crippen LogP contribution is 2.23. The second-order valence-corrected chi connectivity index (χ2v) is 7.20. The molecule has 1 aromatic heterocycles. The van der Waals surface area contributed by atoms with Crippen LogP contribution in [-0.2, 0) is 9.84 Å². The molecule has 1 aliphatic rings. The zero-order valence-corrected chi connectivity index (χ0v) is 11.7. The van der Waals surface area contributed by atoms with E-state index in [-0.39, 0.29) is 28.0 Å². The number of carbonyl (C=O) groups excluding carboxylic acids is 1. The van der Waals surface area contributed by atoms with Crippen LogP contribution in [0.4, 0.5) is 5.82 Å². The van der Waals surface area contributed by atoms with E-state index in [1.165, 1.54) is 12.3 Å². The first-order valence-corrected chi connectivity index (χ1v) is 7.97. The first-order valence-electron chi connectivity index (χ1n) is 5.77. The van der Waals surface area contributed by atoms with E-state index in [2.05, 4.69) is 10.3 Å². The summed E-state index contributed by atoms with van der Waals surface area (Å²) in [4.78, 5) is 14.9. The summed E-state index contributed by atoms with van der Waals surface area (Å²) in [5.41, 5.74) is 5.35. The average molecular weight is 304 g/mol. The Labute approximate surface area is 116 Å². The fourth-order valence-electron chi connectivity index (χ4n) is 1.98. The molecule has 1 atom stereocenters. The molecular formula is C11H14ClN3O3S. The molecule has 0 aromatic carbocycles. The molecule has 1 fully saturated rings. The predicted octanol–water partition coefficient (Wildman–Crippen LogP) is 0.680. The zero-order chi connectivity index (χ0) is 14.0. The highest BCUT2D eigenvalue weighted by molar-refractivity contribution is 7.91. The summed E-state index contributed by atoms with van der Waals surface area (Å²) in [5.74, 6) is 0.329. The van der Waals surface area contributed by atoms with E-state index < -0.39 is 15.7 Å². The number of anilines is 1. The maximum absolute atomic E-state index is 11.3. The van der Waals surface area contributed by atoms with Gasteiger partial charge >= 0.3 is 0 Å². The molecule has 1 saturated heterocycles. The molecule has 1 aromatic rings.